The molecule has 1 aliphatic rings. The molecule has 7 heteroatoms. The number of carbonyl (C=O) groups excluding carboxylic acids is 2. The average molecular weight is 399 g/mol. The molecule has 2 aromatic rings. The number of likely N-dealkylation sites (tertiary alicyclic amines) is 1. The second-order valence-electron chi connectivity index (χ2n) is 7.09. The number of piperidine rings is 1. The van der Waals surface area contributed by atoms with E-state index in [2.05, 4.69) is 21.6 Å². The quantitative estimate of drug-likeness (QED) is 0.750. The smallest absolute Gasteiger partial charge is 0.254 e. The van der Waals surface area contributed by atoms with E-state index in [-0.39, 0.29) is 24.1 Å². The van der Waals surface area contributed by atoms with Gasteiger partial charge in [0.05, 0.1) is 19.2 Å². The summed E-state index contributed by atoms with van der Waals surface area (Å²) in [5.41, 5.74) is 1.08. The lowest BCUT2D eigenvalue weighted by Gasteiger charge is -2.32. The molecule has 6 nitrogen and oxygen atoms in total. The fourth-order valence-corrected chi connectivity index (χ4v) is 3.49. The van der Waals surface area contributed by atoms with Crippen molar-refractivity contribution in [2.75, 3.05) is 26.7 Å². The van der Waals surface area contributed by atoms with Crippen molar-refractivity contribution in [3.05, 3.63) is 65.5 Å². The van der Waals surface area contributed by atoms with Crippen molar-refractivity contribution in [1.82, 2.24) is 15.5 Å². The number of hydrogen-bond donors (Lipinski definition) is 2. The molecule has 0 unspecified atom stereocenters. The van der Waals surface area contributed by atoms with Crippen molar-refractivity contribution in [3.8, 4) is 5.75 Å². The van der Waals surface area contributed by atoms with Gasteiger partial charge in [-0.15, -0.1) is 0 Å². The number of halogens is 1. The van der Waals surface area contributed by atoms with Crippen molar-refractivity contribution in [1.29, 1.82) is 0 Å². The molecule has 2 aromatic carbocycles. The molecule has 2 amide bonds. The zero-order valence-corrected chi connectivity index (χ0v) is 16.5. The van der Waals surface area contributed by atoms with Crippen LogP contribution < -0.4 is 15.4 Å². The first-order chi connectivity index (χ1) is 14.1. The van der Waals surface area contributed by atoms with Crippen LogP contribution in [-0.2, 0) is 11.3 Å². The summed E-state index contributed by atoms with van der Waals surface area (Å²) >= 11 is 0. The molecule has 1 saturated heterocycles. The number of amides is 2. The predicted molar refractivity (Wildman–Crippen MR) is 108 cm³/mol. The molecule has 154 valence electrons. The lowest BCUT2D eigenvalue weighted by atomic mass is 10.0. The normalized spacial score (nSPS) is 15.0. The van der Waals surface area contributed by atoms with Crippen LogP contribution in [0.3, 0.4) is 0 Å². The van der Waals surface area contributed by atoms with Crippen molar-refractivity contribution >= 4 is 11.8 Å². The number of hydrogen-bond acceptors (Lipinski definition) is 4. The Bertz CT molecular complexity index is 851. The first-order valence-corrected chi connectivity index (χ1v) is 9.73. The van der Waals surface area contributed by atoms with Gasteiger partial charge in [-0.1, -0.05) is 30.3 Å². The third kappa shape index (κ3) is 5.77. The average Bonchev–Trinajstić information content (AvgIpc) is 2.74. The van der Waals surface area contributed by atoms with Crippen LogP contribution in [0, 0.1) is 5.82 Å². The summed E-state index contributed by atoms with van der Waals surface area (Å²) < 4.78 is 19.0. The molecule has 29 heavy (non-hydrogen) atoms. The van der Waals surface area contributed by atoms with Gasteiger partial charge in [0.1, 0.15) is 11.6 Å². The van der Waals surface area contributed by atoms with Crippen molar-refractivity contribution in [3.63, 3.8) is 0 Å². The van der Waals surface area contributed by atoms with Gasteiger partial charge in [-0.2, -0.15) is 0 Å². The minimum Gasteiger partial charge on any atom is -0.496 e. The van der Waals surface area contributed by atoms with Crippen LogP contribution in [0.4, 0.5) is 4.39 Å². The Labute approximate surface area is 170 Å². The van der Waals surface area contributed by atoms with Gasteiger partial charge in [0.2, 0.25) is 5.91 Å². The molecule has 1 aliphatic heterocycles. The molecular weight excluding hydrogens is 373 g/mol. The lowest BCUT2D eigenvalue weighted by molar-refractivity contribution is -0.121. The van der Waals surface area contributed by atoms with Crippen LogP contribution in [0.25, 0.3) is 0 Å². The number of nitrogens with one attached hydrogen (secondary N) is 2. The lowest BCUT2D eigenvalue weighted by Crippen LogP contribution is -2.47. The van der Waals surface area contributed by atoms with Crippen LogP contribution in [-0.4, -0.2) is 49.5 Å². The minimum atomic E-state index is -0.604. The van der Waals surface area contributed by atoms with E-state index >= 15 is 0 Å². The van der Waals surface area contributed by atoms with Gasteiger partial charge in [-0.3, -0.25) is 14.5 Å². The Morgan fingerprint density at radius 3 is 2.52 bits per heavy atom. The van der Waals surface area contributed by atoms with Crippen molar-refractivity contribution in [2.24, 2.45) is 0 Å². The van der Waals surface area contributed by atoms with Gasteiger partial charge in [-0.05, 0) is 31.0 Å². The molecule has 0 aromatic heterocycles. The molecule has 0 atom stereocenters. The third-order valence-electron chi connectivity index (χ3n) is 5.07. The minimum absolute atomic E-state index is 0.0649. The third-order valence-corrected chi connectivity index (χ3v) is 5.07. The van der Waals surface area contributed by atoms with E-state index in [1.165, 1.54) is 18.2 Å². The van der Waals surface area contributed by atoms with Gasteiger partial charge in [0, 0.05) is 31.2 Å². The SMILES string of the molecule is COc1ccccc1CN1CCC(NC(=O)CNC(=O)c2ccccc2F)CC1. The molecule has 0 spiro atoms. The predicted octanol–water partition coefficient (Wildman–Crippen LogP) is 2.34. The van der Waals surface area contributed by atoms with E-state index in [4.69, 9.17) is 4.74 Å². The Hall–Kier alpha value is -2.93. The summed E-state index contributed by atoms with van der Waals surface area (Å²) in [7, 11) is 1.67. The number of rotatable bonds is 7. The maximum Gasteiger partial charge on any atom is 0.254 e. The first-order valence-electron chi connectivity index (χ1n) is 9.73. The van der Waals surface area contributed by atoms with Gasteiger partial charge >= 0.3 is 0 Å². The van der Waals surface area contributed by atoms with E-state index in [0.717, 1.165) is 43.8 Å². The topological polar surface area (TPSA) is 70.7 Å². The first kappa shape index (κ1) is 20.8. The molecule has 1 heterocycles. The highest BCUT2D eigenvalue weighted by Gasteiger charge is 2.22. The van der Waals surface area contributed by atoms with Gasteiger partial charge < -0.3 is 15.4 Å². The summed E-state index contributed by atoms with van der Waals surface area (Å²) in [6.45, 7) is 2.37. The monoisotopic (exact) mass is 399 g/mol. The molecule has 3 rings (SSSR count). The number of methoxy groups -OCH3 is 1. The number of nitrogens with zero attached hydrogens (tertiary/aromatic N) is 1. The molecule has 0 saturated carbocycles. The molecule has 0 radical (unpaired) electrons. The molecule has 0 bridgehead atoms. The van der Waals surface area contributed by atoms with Crippen molar-refractivity contribution < 1.29 is 18.7 Å². The highest BCUT2D eigenvalue weighted by molar-refractivity contribution is 5.96. The summed E-state index contributed by atoms with van der Waals surface area (Å²) in [5.74, 6) is -0.580. The number of ether oxygens (including phenoxy) is 1. The Morgan fingerprint density at radius 1 is 1.10 bits per heavy atom. The largest absolute Gasteiger partial charge is 0.496 e. The second-order valence-corrected chi connectivity index (χ2v) is 7.09. The molecule has 2 N–H and O–H groups in total. The van der Waals surface area contributed by atoms with Crippen LogP contribution in [0.2, 0.25) is 0 Å². The van der Waals surface area contributed by atoms with Crippen LogP contribution in [0.15, 0.2) is 48.5 Å². The standard InChI is InChI=1S/C22H26FN3O3/c1-29-20-9-5-2-6-16(20)15-26-12-10-17(11-13-26)25-21(27)14-24-22(28)18-7-3-4-8-19(18)23/h2-9,17H,10-15H2,1H3,(H,24,28)(H,25,27). The maximum absolute atomic E-state index is 13.6. The summed E-state index contributed by atoms with van der Waals surface area (Å²) in [6.07, 6.45) is 1.67. The second kappa shape index (κ2) is 10.0. The Morgan fingerprint density at radius 2 is 1.79 bits per heavy atom. The number of benzene rings is 2. The zero-order chi connectivity index (χ0) is 20.6. The van der Waals surface area contributed by atoms with E-state index in [9.17, 15) is 14.0 Å². The molecule has 0 aliphatic carbocycles. The van der Waals surface area contributed by atoms with Gasteiger partial charge in [0.15, 0.2) is 0 Å². The summed E-state index contributed by atoms with van der Waals surface area (Å²) in [4.78, 5) is 26.5. The molecule has 1 fully saturated rings. The fraction of sp³-hybridized carbons (Fsp3) is 0.364. The van der Waals surface area contributed by atoms with Crippen LogP contribution >= 0.6 is 0 Å². The number of para-hydroxylation sites is 1. The van der Waals surface area contributed by atoms with E-state index in [0.29, 0.717) is 0 Å². The Kier molecular flexibility index (Phi) is 7.19. The van der Waals surface area contributed by atoms with E-state index in [1.807, 2.05) is 18.2 Å². The molecular formula is C22H26FN3O3. The zero-order valence-electron chi connectivity index (χ0n) is 16.5. The van der Waals surface area contributed by atoms with Gasteiger partial charge in [0.25, 0.3) is 5.91 Å². The highest BCUT2D eigenvalue weighted by atomic mass is 19.1. The highest BCUT2D eigenvalue weighted by Crippen LogP contribution is 2.21. The summed E-state index contributed by atoms with van der Waals surface area (Å²) in [6, 6.07) is 13.7. The van der Waals surface area contributed by atoms with Crippen molar-refractivity contribution in [2.45, 2.75) is 25.4 Å². The van der Waals surface area contributed by atoms with Crippen LogP contribution in [0.1, 0.15) is 28.8 Å². The van der Waals surface area contributed by atoms with E-state index < -0.39 is 11.7 Å². The summed E-state index contributed by atoms with van der Waals surface area (Å²) in [5, 5.41) is 5.42. The maximum atomic E-state index is 13.6. The Balaban J connectivity index is 1.40. The fourth-order valence-electron chi connectivity index (χ4n) is 3.49. The van der Waals surface area contributed by atoms with E-state index in [1.54, 1.807) is 13.2 Å². The number of carbonyl (C=O) groups is 2. The van der Waals surface area contributed by atoms with Crippen LogP contribution in [0.5, 0.6) is 5.75 Å². The van der Waals surface area contributed by atoms with Gasteiger partial charge in [-0.25, -0.2) is 4.39 Å².